The molecule has 4 N–H and O–H groups in total. The predicted molar refractivity (Wildman–Crippen MR) is 154 cm³/mol. The third-order valence-electron chi connectivity index (χ3n) is 6.75. The molecule has 4 aromatic rings. The molecule has 1 heterocycles. The van der Waals surface area contributed by atoms with E-state index in [2.05, 4.69) is 58.9 Å². The largest absolute Gasteiger partial charge is 0.488 e. The number of nitriles is 1. The Morgan fingerprint density at radius 1 is 1.02 bits per heavy atom. The van der Waals surface area contributed by atoms with Gasteiger partial charge in [-0.2, -0.15) is 5.26 Å². The SMILES string of the molecule is Cc1cc(CNC(CO)C(=O)O)c(OCc2cncc(C#N)c2)cc1NCc1cccc(-c2ccccc2)c1C. The molecule has 1 unspecified atom stereocenters. The number of ether oxygens (including phenoxy) is 1. The molecule has 4 rings (SSSR count). The van der Waals surface area contributed by atoms with Gasteiger partial charge in [-0.1, -0.05) is 48.5 Å². The lowest BCUT2D eigenvalue weighted by atomic mass is 9.96. The van der Waals surface area contributed by atoms with Crippen LogP contribution in [0.2, 0.25) is 0 Å². The number of aromatic nitrogens is 1. The van der Waals surface area contributed by atoms with E-state index in [-0.39, 0.29) is 13.2 Å². The Labute approximate surface area is 233 Å². The average Bonchev–Trinajstić information content (AvgIpc) is 2.97. The molecular weight excluding hydrogens is 504 g/mol. The first kappa shape index (κ1) is 28.3. The molecule has 0 saturated carbocycles. The zero-order valence-corrected chi connectivity index (χ0v) is 22.5. The van der Waals surface area contributed by atoms with Crippen molar-refractivity contribution in [3.63, 3.8) is 0 Å². The van der Waals surface area contributed by atoms with Gasteiger partial charge in [0.25, 0.3) is 0 Å². The number of carboxylic acids is 1. The van der Waals surface area contributed by atoms with E-state index in [0.29, 0.717) is 17.9 Å². The normalized spacial score (nSPS) is 11.4. The lowest BCUT2D eigenvalue weighted by Crippen LogP contribution is -2.39. The van der Waals surface area contributed by atoms with Crippen molar-refractivity contribution in [1.29, 1.82) is 5.26 Å². The second kappa shape index (κ2) is 13.4. The van der Waals surface area contributed by atoms with Crippen LogP contribution in [-0.4, -0.2) is 33.8 Å². The van der Waals surface area contributed by atoms with Crippen molar-refractivity contribution >= 4 is 11.7 Å². The van der Waals surface area contributed by atoms with Crippen molar-refractivity contribution in [3.05, 3.63) is 113 Å². The molecule has 1 atom stereocenters. The quantitative estimate of drug-likeness (QED) is 0.200. The number of aliphatic hydroxyl groups excluding tert-OH is 1. The first-order valence-electron chi connectivity index (χ1n) is 12.9. The molecule has 3 aromatic carbocycles. The number of aliphatic hydroxyl groups is 1. The standard InChI is InChI=1S/C32H32N4O4/c1-21-11-27(18-36-30(19-37)32(38)39)31(40-20-24-12-23(14-33)15-34-16-24)13-29(21)35-17-26-9-6-10-28(22(26)2)25-7-4-3-5-8-25/h3-13,15-16,30,35-37H,17-20H2,1-2H3,(H,38,39). The summed E-state index contributed by atoms with van der Waals surface area (Å²) in [5.41, 5.74) is 8.49. The minimum Gasteiger partial charge on any atom is -0.488 e. The monoisotopic (exact) mass is 536 g/mol. The second-order valence-corrected chi connectivity index (χ2v) is 9.52. The number of aryl methyl sites for hydroxylation is 1. The summed E-state index contributed by atoms with van der Waals surface area (Å²) in [7, 11) is 0. The number of hydrogen-bond donors (Lipinski definition) is 4. The Hall–Kier alpha value is -4.71. The van der Waals surface area contributed by atoms with Gasteiger partial charge in [-0.05, 0) is 53.8 Å². The minimum atomic E-state index is -1.13. The smallest absolute Gasteiger partial charge is 0.323 e. The van der Waals surface area contributed by atoms with Crippen LogP contribution in [0.15, 0.2) is 79.1 Å². The van der Waals surface area contributed by atoms with E-state index in [1.54, 1.807) is 12.3 Å². The van der Waals surface area contributed by atoms with Gasteiger partial charge in [-0.15, -0.1) is 0 Å². The van der Waals surface area contributed by atoms with Crippen LogP contribution >= 0.6 is 0 Å². The van der Waals surface area contributed by atoms with Crippen molar-refractivity contribution in [3.8, 4) is 22.9 Å². The van der Waals surface area contributed by atoms with Crippen molar-refractivity contribution < 1.29 is 19.7 Å². The number of carbonyl (C=O) groups is 1. The molecule has 8 nitrogen and oxygen atoms in total. The van der Waals surface area contributed by atoms with E-state index >= 15 is 0 Å². The summed E-state index contributed by atoms with van der Waals surface area (Å²) >= 11 is 0. The number of hydrogen-bond acceptors (Lipinski definition) is 7. The number of rotatable bonds is 12. The molecule has 0 aliphatic heterocycles. The fraction of sp³-hybridized carbons (Fsp3) is 0.219. The number of nitrogens with one attached hydrogen (secondary N) is 2. The molecule has 8 heteroatoms. The maximum atomic E-state index is 11.4. The van der Waals surface area contributed by atoms with Gasteiger partial charge in [0.1, 0.15) is 24.5 Å². The van der Waals surface area contributed by atoms with Crippen molar-refractivity contribution in [1.82, 2.24) is 10.3 Å². The Bertz CT molecular complexity index is 1520. The molecule has 40 heavy (non-hydrogen) atoms. The number of pyridine rings is 1. The molecule has 0 spiro atoms. The van der Waals surface area contributed by atoms with Gasteiger partial charge in [0.15, 0.2) is 0 Å². The van der Waals surface area contributed by atoms with Gasteiger partial charge < -0.3 is 20.3 Å². The van der Waals surface area contributed by atoms with Crippen LogP contribution in [-0.2, 0) is 24.5 Å². The van der Waals surface area contributed by atoms with Crippen LogP contribution < -0.4 is 15.4 Å². The third-order valence-corrected chi connectivity index (χ3v) is 6.75. The Kier molecular flexibility index (Phi) is 9.47. The summed E-state index contributed by atoms with van der Waals surface area (Å²) in [6.45, 7) is 4.53. The Balaban J connectivity index is 1.58. The number of benzene rings is 3. The second-order valence-electron chi connectivity index (χ2n) is 9.52. The Morgan fingerprint density at radius 2 is 1.82 bits per heavy atom. The summed E-state index contributed by atoms with van der Waals surface area (Å²) in [6.07, 6.45) is 3.13. The molecule has 0 saturated heterocycles. The molecule has 0 radical (unpaired) electrons. The maximum absolute atomic E-state index is 11.4. The highest BCUT2D eigenvalue weighted by Crippen LogP contribution is 2.30. The van der Waals surface area contributed by atoms with Crippen LogP contribution in [0.5, 0.6) is 5.75 Å². The van der Waals surface area contributed by atoms with Crippen LogP contribution in [0.1, 0.15) is 33.4 Å². The van der Waals surface area contributed by atoms with Crippen molar-refractivity contribution in [2.75, 3.05) is 11.9 Å². The fourth-order valence-corrected chi connectivity index (χ4v) is 4.46. The van der Waals surface area contributed by atoms with Gasteiger partial charge in [0, 0.05) is 48.4 Å². The molecule has 204 valence electrons. The fourth-order valence-electron chi connectivity index (χ4n) is 4.46. The van der Waals surface area contributed by atoms with Crippen molar-refractivity contribution in [2.24, 2.45) is 0 Å². The van der Waals surface area contributed by atoms with E-state index in [0.717, 1.165) is 22.4 Å². The first-order chi connectivity index (χ1) is 19.4. The lowest BCUT2D eigenvalue weighted by Gasteiger charge is -2.19. The van der Waals surface area contributed by atoms with Crippen LogP contribution in [0.4, 0.5) is 5.69 Å². The molecule has 0 fully saturated rings. The highest BCUT2D eigenvalue weighted by Gasteiger charge is 2.17. The molecule has 0 amide bonds. The van der Waals surface area contributed by atoms with Gasteiger partial charge >= 0.3 is 5.97 Å². The van der Waals surface area contributed by atoms with Gasteiger partial charge in [0.05, 0.1) is 12.2 Å². The molecule has 1 aromatic heterocycles. The van der Waals surface area contributed by atoms with E-state index in [9.17, 15) is 20.3 Å². The van der Waals surface area contributed by atoms with Crippen LogP contribution in [0.3, 0.4) is 0 Å². The molecule has 0 aliphatic carbocycles. The van der Waals surface area contributed by atoms with Crippen molar-refractivity contribution in [2.45, 2.75) is 39.6 Å². The topological polar surface area (TPSA) is 128 Å². The number of carboxylic acid groups (broad SMARTS) is 1. The van der Waals surface area contributed by atoms with E-state index < -0.39 is 18.6 Å². The predicted octanol–water partition coefficient (Wildman–Crippen LogP) is 4.96. The zero-order valence-electron chi connectivity index (χ0n) is 22.5. The summed E-state index contributed by atoms with van der Waals surface area (Å²) in [6, 6.07) is 23.1. The lowest BCUT2D eigenvalue weighted by molar-refractivity contribution is -0.140. The van der Waals surface area contributed by atoms with Crippen LogP contribution in [0.25, 0.3) is 11.1 Å². The molecule has 0 bridgehead atoms. The average molecular weight is 537 g/mol. The zero-order chi connectivity index (χ0) is 28.5. The summed E-state index contributed by atoms with van der Waals surface area (Å²) < 4.78 is 6.16. The third kappa shape index (κ3) is 7.03. The summed E-state index contributed by atoms with van der Waals surface area (Å²) in [4.78, 5) is 15.5. The summed E-state index contributed by atoms with van der Waals surface area (Å²) in [5, 5.41) is 34.3. The number of aliphatic carboxylic acids is 1. The van der Waals surface area contributed by atoms with E-state index in [1.165, 1.54) is 28.5 Å². The van der Waals surface area contributed by atoms with Gasteiger partial charge in [-0.3, -0.25) is 15.1 Å². The number of nitrogens with zero attached hydrogens (tertiary/aromatic N) is 2. The molecule has 0 aliphatic rings. The van der Waals surface area contributed by atoms with E-state index in [1.807, 2.05) is 37.3 Å². The minimum absolute atomic E-state index is 0.179. The Morgan fingerprint density at radius 3 is 2.55 bits per heavy atom. The maximum Gasteiger partial charge on any atom is 0.323 e. The van der Waals surface area contributed by atoms with E-state index in [4.69, 9.17) is 4.74 Å². The summed E-state index contributed by atoms with van der Waals surface area (Å²) in [5.74, 6) is -0.577. The highest BCUT2D eigenvalue weighted by molar-refractivity contribution is 5.73. The van der Waals surface area contributed by atoms with Crippen LogP contribution in [0, 0.1) is 25.2 Å². The number of anilines is 1. The highest BCUT2D eigenvalue weighted by atomic mass is 16.5. The molecular formula is C32H32N4O4. The van der Waals surface area contributed by atoms with Gasteiger partial charge in [-0.25, -0.2) is 0 Å². The van der Waals surface area contributed by atoms with Gasteiger partial charge in [0.2, 0.25) is 0 Å². The first-order valence-corrected chi connectivity index (χ1v) is 12.9.